The summed E-state index contributed by atoms with van der Waals surface area (Å²) in [6, 6.07) is 3.88. The first-order chi connectivity index (χ1) is 20.0. The summed E-state index contributed by atoms with van der Waals surface area (Å²) in [5.41, 5.74) is 12.2. The monoisotopic (exact) mass is 604 g/mol. The molecule has 1 saturated heterocycles. The van der Waals surface area contributed by atoms with Crippen LogP contribution in [0.2, 0.25) is 5.02 Å². The van der Waals surface area contributed by atoms with E-state index < -0.39 is 18.4 Å². The first-order valence-corrected chi connectivity index (χ1v) is 13.7. The summed E-state index contributed by atoms with van der Waals surface area (Å²) in [5.74, 6) is -1.56. The number of dihydropyridines is 1. The summed E-state index contributed by atoms with van der Waals surface area (Å²) in [5, 5.41) is 16.5. The summed E-state index contributed by atoms with van der Waals surface area (Å²) in [4.78, 5) is 31.3. The van der Waals surface area contributed by atoms with Crippen LogP contribution in [-0.4, -0.2) is 67.6 Å². The summed E-state index contributed by atoms with van der Waals surface area (Å²) in [6.45, 7) is 1.39. The number of piperidine rings is 1. The van der Waals surface area contributed by atoms with Gasteiger partial charge in [0.1, 0.15) is 17.2 Å². The molecule has 1 aromatic carbocycles. The molecule has 2 aliphatic rings. The van der Waals surface area contributed by atoms with Gasteiger partial charge in [0.15, 0.2) is 0 Å². The van der Waals surface area contributed by atoms with Gasteiger partial charge < -0.3 is 37.1 Å². The van der Waals surface area contributed by atoms with E-state index in [9.17, 15) is 18.4 Å². The van der Waals surface area contributed by atoms with E-state index in [-0.39, 0.29) is 50.9 Å². The Labute approximate surface area is 247 Å². The van der Waals surface area contributed by atoms with Gasteiger partial charge in [0.2, 0.25) is 5.91 Å². The predicted octanol–water partition coefficient (Wildman–Crippen LogP) is 2.61. The van der Waals surface area contributed by atoms with Gasteiger partial charge >= 0.3 is 6.61 Å². The first-order valence-electron chi connectivity index (χ1n) is 13.3. The molecular weight excluding hydrogens is 570 g/mol. The molecule has 0 aromatic heterocycles. The predicted molar refractivity (Wildman–Crippen MR) is 159 cm³/mol. The number of alkyl halides is 2. The highest BCUT2D eigenvalue weighted by Gasteiger charge is 2.23. The number of nitrogens with one attached hydrogen (secondary N) is 4. The molecule has 0 saturated carbocycles. The maximum Gasteiger partial charge on any atom is 0.387 e. The number of aliphatic imine (C=N–C) groups is 1. The van der Waals surface area contributed by atoms with E-state index in [4.69, 9.17) is 28.5 Å². The fourth-order valence-electron chi connectivity index (χ4n) is 4.39. The lowest BCUT2D eigenvalue weighted by Crippen LogP contribution is -2.37. The zero-order chi connectivity index (χ0) is 30.6. The van der Waals surface area contributed by atoms with Gasteiger partial charge in [-0.25, -0.2) is 0 Å². The summed E-state index contributed by atoms with van der Waals surface area (Å²) in [6.07, 6.45) is 10.2. The fourth-order valence-corrected chi connectivity index (χ4v) is 4.56. The molecule has 3 rings (SSSR count). The molecule has 8 N–H and O–H groups in total. The van der Waals surface area contributed by atoms with Gasteiger partial charge in [-0.2, -0.15) is 8.78 Å². The normalized spacial score (nSPS) is 17.5. The summed E-state index contributed by atoms with van der Waals surface area (Å²) in [7, 11) is 0. The Kier molecular flexibility index (Phi) is 12.1. The summed E-state index contributed by atoms with van der Waals surface area (Å²) < 4.78 is 30.9. The molecule has 0 bridgehead atoms. The van der Waals surface area contributed by atoms with Crippen molar-refractivity contribution in [2.24, 2.45) is 16.5 Å². The number of benzene rings is 1. The van der Waals surface area contributed by atoms with E-state index in [0.717, 1.165) is 38.9 Å². The molecular formula is C28H35ClF2N8O3. The second-order valence-electron chi connectivity index (χ2n) is 9.55. The Balaban J connectivity index is 1.87. The van der Waals surface area contributed by atoms with E-state index in [2.05, 4.69) is 30.6 Å². The number of nitrogens with two attached hydrogens (primary N) is 2. The lowest BCUT2D eigenvalue weighted by Gasteiger charge is -2.30. The van der Waals surface area contributed by atoms with Crippen molar-refractivity contribution in [2.45, 2.75) is 38.8 Å². The van der Waals surface area contributed by atoms with E-state index in [1.807, 2.05) is 0 Å². The van der Waals surface area contributed by atoms with Gasteiger partial charge in [0.05, 0.1) is 23.1 Å². The minimum Gasteiger partial charge on any atom is -0.434 e. The van der Waals surface area contributed by atoms with E-state index in [1.54, 1.807) is 24.4 Å². The number of amides is 2. The van der Waals surface area contributed by atoms with Crippen LogP contribution in [-0.2, 0) is 9.59 Å². The Bertz CT molecular complexity index is 1320. The van der Waals surface area contributed by atoms with Crippen molar-refractivity contribution in [3.8, 4) is 5.75 Å². The van der Waals surface area contributed by atoms with E-state index in [1.165, 1.54) is 31.3 Å². The third-order valence-electron chi connectivity index (χ3n) is 6.46. The minimum atomic E-state index is -3.13. The van der Waals surface area contributed by atoms with Crippen LogP contribution in [0.3, 0.4) is 0 Å². The van der Waals surface area contributed by atoms with Crippen LogP contribution in [0.4, 0.5) is 8.78 Å². The SMILES string of the molecule is CC(=O)NCCCN1CCC(N=CC(NC(=O)/C(C(=N)N)=C2\C=CC=CN2)=C(N)c2cc(Cl)ccc2OC(F)F)CC1. The highest BCUT2D eigenvalue weighted by molar-refractivity contribution is 6.30. The number of ether oxygens (including phenoxy) is 1. The number of hydrogen-bond acceptors (Lipinski definition) is 8. The maximum absolute atomic E-state index is 13.4. The second kappa shape index (κ2) is 15.7. The number of allylic oxidation sites excluding steroid dienone is 4. The maximum atomic E-state index is 13.4. The van der Waals surface area contributed by atoms with Crippen LogP contribution in [0.5, 0.6) is 5.75 Å². The van der Waals surface area contributed by atoms with Crippen LogP contribution < -0.4 is 32.2 Å². The van der Waals surface area contributed by atoms with Crippen molar-refractivity contribution >= 4 is 41.2 Å². The zero-order valence-electron chi connectivity index (χ0n) is 23.1. The Morgan fingerprint density at radius 3 is 2.64 bits per heavy atom. The molecule has 0 aliphatic carbocycles. The average molecular weight is 605 g/mol. The standard InChI is InChI=1S/C28H35ClF2N8O3/c1-17(40)35-11-4-12-39-13-8-19(9-14-39)37-16-22(25(32)20-15-18(29)6-7-23(20)42-28(30)31)38-27(41)24(26(33)34)21-5-2-3-10-36-21/h2-3,5-7,10,15-16,19,28,36H,4,8-9,11-14,32H2,1H3,(H3,33,34)(H,35,40)(H,38,41)/b24-21+,25-22?,37-16?. The molecule has 14 heteroatoms. The molecule has 0 radical (unpaired) electrons. The molecule has 11 nitrogen and oxygen atoms in total. The van der Waals surface area contributed by atoms with Crippen LogP contribution >= 0.6 is 11.6 Å². The lowest BCUT2D eigenvalue weighted by atomic mass is 10.1. The van der Waals surface area contributed by atoms with Crippen LogP contribution in [0, 0.1) is 5.41 Å². The highest BCUT2D eigenvalue weighted by Crippen LogP contribution is 2.29. The molecule has 226 valence electrons. The van der Waals surface area contributed by atoms with Crippen LogP contribution in [0.1, 0.15) is 31.7 Å². The minimum absolute atomic E-state index is 0.00574. The molecule has 1 aromatic rings. The lowest BCUT2D eigenvalue weighted by molar-refractivity contribution is -0.119. The van der Waals surface area contributed by atoms with Crippen LogP contribution in [0.25, 0.3) is 5.70 Å². The number of rotatable bonds is 12. The number of carbonyl (C=O) groups excluding carboxylic acids is 2. The van der Waals surface area contributed by atoms with Gasteiger partial charge in [-0.15, -0.1) is 0 Å². The molecule has 42 heavy (non-hydrogen) atoms. The van der Waals surface area contributed by atoms with Crippen molar-refractivity contribution in [3.63, 3.8) is 0 Å². The Morgan fingerprint density at radius 2 is 2.02 bits per heavy atom. The molecule has 2 heterocycles. The first kappa shape index (κ1) is 32.3. The van der Waals surface area contributed by atoms with Gasteiger partial charge in [-0.1, -0.05) is 17.7 Å². The molecule has 0 unspecified atom stereocenters. The number of hydrogen-bond donors (Lipinski definition) is 6. The van der Waals surface area contributed by atoms with Gasteiger partial charge in [-0.05, 0) is 56.2 Å². The molecule has 2 aliphatic heterocycles. The van der Waals surface area contributed by atoms with Crippen molar-refractivity contribution in [2.75, 3.05) is 26.2 Å². The summed E-state index contributed by atoms with van der Waals surface area (Å²) >= 11 is 6.13. The Hall–Kier alpha value is -4.23. The number of halogens is 3. The fraction of sp³-hybridized carbons (Fsp3) is 0.357. The quantitative estimate of drug-likeness (QED) is 0.0921. The topological polar surface area (TPSA) is 171 Å². The molecule has 2 amide bonds. The number of amidine groups is 1. The number of likely N-dealkylation sites (tertiary alicyclic amines) is 1. The number of carbonyl (C=O) groups is 2. The van der Waals surface area contributed by atoms with E-state index in [0.29, 0.717) is 6.54 Å². The van der Waals surface area contributed by atoms with Crippen molar-refractivity contribution in [3.05, 3.63) is 70.2 Å². The zero-order valence-corrected chi connectivity index (χ0v) is 23.9. The van der Waals surface area contributed by atoms with Gasteiger partial charge in [0.25, 0.3) is 5.91 Å². The van der Waals surface area contributed by atoms with Gasteiger partial charge in [0, 0.05) is 49.6 Å². The smallest absolute Gasteiger partial charge is 0.387 e. The van der Waals surface area contributed by atoms with Crippen molar-refractivity contribution in [1.29, 1.82) is 5.41 Å². The molecule has 0 atom stereocenters. The van der Waals surface area contributed by atoms with Gasteiger partial charge in [-0.3, -0.25) is 20.0 Å². The van der Waals surface area contributed by atoms with Crippen molar-refractivity contribution < 1.29 is 23.1 Å². The third-order valence-corrected chi connectivity index (χ3v) is 6.69. The largest absolute Gasteiger partial charge is 0.434 e. The van der Waals surface area contributed by atoms with E-state index >= 15 is 0 Å². The number of nitrogens with zero attached hydrogens (tertiary/aromatic N) is 2. The average Bonchev–Trinajstić information content (AvgIpc) is 2.94. The highest BCUT2D eigenvalue weighted by atomic mass is 35.5. The molecule has 1 fully saturated rings. The molecule has 0 spiro atoms. The Morgan fingerprint density at radius 1 is 1.29 bits per heavy atom. The van der Waals surface area contributed by atoms with Crippen molar-refractivity contribution in [1.82, 2.24) is 20.9 Å². The van der Waals surface area contributed by atoms with Crippen LogP contribution in [0.15, 0.2) is 64.6 Å². The second-order valence-corrected chi connectivity index (χ2v) is 9.99. The third kappa shape index (κ3) is 9.70.